The van der Waals surface area contributed by atoms with E-state index in [9.17, 15) is 14.3 Å². The maximum atomic E-state index is 12.4. The number of hydrogen-bond acceptors (Lipinski definition) is 6. The van der Waals surface area contributed by atoms with E-state index in [-0.39, 0.29) is 5.69 Å². The van der Waals surface area contributed by atoms with Gasteiger partial charge in [0.1, 0.15) is 0 Å². The Morgan fingerprint density at radius 2 is 2.38 bits per heavy atom. The van der Waals surface area contributed by atoms with E-state index in [4.69, 9.17) is 0 Å². The molecule has 1 N–H and O–H groups in total. The Labute approximate surface area is 128 Å². The topological polar surface area (TPSA) is 85.1 Å². The summed E-state index contributed by atoms with van der Waals surface area (Å²) in [6.07, 6.45) is 2.21. The molecule has 1 fully saturated rings. The van der Waals surface area contributed by atoms with Gasteiger partial charge in [-0.1, -0.05) is 0 Å². The standard InChI is InChI=1S/C13H15N3O3S2/c17-16(18)10-3-4-12-11(6-10)15-13(20-12)21(19)8-9-2-1-5-14-7-9/h3-4,6,9,14H,1-2,5,7-8H2/t9-,21-/m1/s1. The number of thiazole rings is 1. The van der Waals surface area contributed by atoms with Crippen molar-refractivity contribution >= 4 is 38.0 Å². The number of hydrogen-bond donors (Lipinski definition) is 1. The second kappa shape index (κ2) is 6.17. The molecule has 112 valence electrons. The highest BCUT2D eigenvalue weighted by Crippen LogP contribution is 2.28. The minimum absolute atomic E-state index is 0.0154. The van der Waals surface area contributed by atoms with Crippen molar-refractivity contribution in [2.75, 3.05) is 18.8 Å². The summed E-state index contributed by atoms with van der Waals surface area (Å²) in [4.78, 5) is 14.6. The second-order valence-electron chi connectivity index (χ2n) is 5.11. The van der Waals surface area contributed by atoms with Gasteiger partial charge in [0.25, 0.3) is 5.69 Å². The molecule has 1 aromatic carbocycles. The van der Waals surface area contributed by atoms with Gasteiger partial charge in [0.2, 0.25) is 0 Å². The lowest BCUT2D eigenvalue weighted by Crippen LogP contribution is -2.32. The van der Waals surface area contributed by atoms with Crippen LogP contribution in [0.5, 0.6) is 0 Å². The third-order valence-electron chi connectivity index (χ3n) is 3.54. The van der Waals surface area contributed by atoms with Gasteiger partial charge in [-0.25, -0.2) is 4.98 Å². The fraction of sp³-hybridized carbons (Fsp3) is 0.462. The van der Waals surface area contributed by atoms with Crippen molar-refractivity contribution in [2.45, 2.75) is 17.2 Å². The van der Waals surface area contributed by atoms with Gasteiger partial charge in [0, 0.05) is 17.9 Å². The van der Waals surface area contributed by atoms with Gasteiger partial charge in [-0.15, -0.1) is 11.3 Å². The van der Waals surface area contributed by atoms with Gasteiger partial charge < -0.3 is 5.32 Å². The first kappa shape index (κ1) is 14.6. The number of nitro groups is 1. The highest BCUT2D eigenvalue weighted by molar-refractivity contribution is 7.87. The number of piperidine rings is 1. The Hall–Kier alpha value is -1.38. The zero-order valence-electron chi connectivity index (χ0n) is 11.3. The van der Waals surface area contributed by atoms with Gasteiger partial charge in [-0.2, -0.15) is 0 Å². The van der Waals surface area contributed by atoms with Crippen LogP contribution in [0.1, 0.15) is 12.8 Å². The van der Waals surface area contributed by atoms with Crippen molar-refractivity contribution in [3.63, 3.8) is 0 Å². The summed E-state index contributed by atoms with van der Waals surface area (Å²) >= 11 is 1.36. The van der Waals surface area contributed by atoms with Crippen LogP contribution in [0.15, 0.2) is 22.5 Å². The molecule has 1 aromatic heterocycles. The number of nitrogens with one attached hydrogen (secondary N) is 1. The van der Waals surface area contributed by atoms with Crippen LogP contribution < -0.4 is 5.32 Å². The lowest BCUT2D eigenvalue weighted by molar-refractivity contribution is -0.384. The molecule has 0 aliphatic carbocycles. The van der Waals surface area contributed by atoms with Gasteiger partial charge in [0.05, 0.1) is 25.9 Å². The van der Waals surface area contributed by atoms with Crippen LogP contribution in [0.25, 0.3) is 10.2 Å². The number of nitro benzene ring substituents is 1. The molecule has 1 aliphatic heterocycles. The van der Waals surface area contributed by atoms with Crippen LogP contribution in [0, 0.1) is 16.0 Å². The molecular formula is C13H15N3O3S2. The Morgan fingerprint density at radius 1 is 1.52 bits per heavy atom. The van der Waals surface area contributed by atoms with Gasteiger partial charge in [-0.05, 0) is 37.9 Å². The average molecular weight is 325 g/mol. The molecule has 0 amide bonds. The normalized spacial score (nSPS) is 20.5. The monoisotopic (exact) mass is 325 g/mol. The highest BCUT2D eigenvalue weighted by atomic mass is 32.2. The molecule has 2 heterocycles. The third-order valence-corrected chi connectivity index (χ3v) is 6.44. The molecule has 0 saturated carbocycles. The SMILES string of the molecule is O=[N+]([O-])c1ccc2sc([S@](=O)C[C@@H]3CCCNC3)nc2c1. The van der Waals surface area contributed by atoms with E-state index in [0.29, 0.717) is 21.5 Å². The lowest BCUT2D eigenvalue weighted by atomic mass is 10.0. The number of aromatic nitrogens is 1. The van der Waals surface area contributed by atoms with Crippen molar-refractivity contribution < 1.29 is 9.13 Å². The predicted molar refractivity (Wildman–Crippen MR) is 83.1 cm³/mol. The van der Waals surface area contributed by atoms with Crippen LogP contribution in [-0.4, -0.2) is 33.0 Å². The van der Waals surface area contributed by atoms with Gasteiger partial charge in [0.15, 0.2) is 4.34 Å². The summed E-state index contributed by atoms with van der Waals surface area (Å²) in [7, 11) is -1.13. The summed E-state index contributed by atoms with van der Waals surface area (Å²) in [5.74, 6) is 1.02. The second-order valence-corrected chi connectivity index (χ2v) is 7.81. The van der Waals surface area contributed by atoms with E-state index in [1.54, 1.807) is 6.07 Å². The molecule has 0 spiro atoms. The van der Waals surface area contributed by atoms with Crippen LogP contribution in [0.3, 0.4) is 0 Å². The van der Waals surface area contributed by atoms with E-state index in [1.165, 1.54) is 23.5 Å². The molecular weight excluding hydrogens is 310 g/mol. The maximum absolute atomic E-state index is 12.4. The van der Waals surface area contributed by atoms with Crippen LogP contribution in [0.2, 0.25) is 0 Å². The Kier molecular flexibility index (Phi) is 4.27. The fourth-order valence-electron chi connectivity index (χ4n) is 2.46. The van der Waals surface area contributed by atoms with E-state index in [0.717, 1.165) is 30.6 Å². The number of fused-ring (bicyclic) bond motifs is 1. The maximum Gasteiger partial charge on any atom is 0.271 e. The Morgan fingerprint density at radius 3 is 3.10 bits per heavy atom. The minimum atomic E-state index is -1.13. The first-order valence-electron chi connectivity index (χ1n) is 6.77. The number of non-ortho nitro benzene ring substituents is 1. The van der Waals surface area contributed by atoms with Crippen LogP contribution >= 0.6 is 11.3 Å². The summed E-state index contributed by atoms with van der Waals surface area (Å²) < 4.78 is 13.8. The van der Waals surface area contributed by atoms with E-state index in [2.05, 4.69) is 10.3 Å². The third kappa shape index (κ3) is 3.28. The molecule has 0 bridgehead atoms. The van der Waals surface area contributed by atoms with Gasteiger partial charge >= 0.3 is 0 Å². The summed E-state index contributed by atoms with van der Waals surface area (Å²) in [5, 5.41) is 14.1. The van der Waals surface area contributed by atoms with Crippen molar-refractivity contribution in [3.8, 4) is 0 Å². The number of benzene rings is 1. The zero-order chi connectivity index (χ0) is 14.8. The Bertz CT molecular complexity index is 695. The molecule has 1 aliphatic rings. The molecule has 21 heavy (non-hydrogen) atoms. The predicted octanol–water partition coefficient (Wildman–Crippen LogP) is 2.31. The fourth-order valence-corrected chi connectivity index (χ4v) is 5.04. The highest BCUT2D eigenvalue weighted by Gasteiger charge is 2.20. The van der Waals surface area contributed by atoms with Crippen molar-refractivity contribution in [1.82, 2.24) is 10.3 Å². The van der Waals surface area contributed by atoms with Crippen LogP contribution in [-0.2, 0) is 10.8 Å². The van der Waals surface area contributed by atoms with Crippen molar-refractivity contribution in [1.29, 1.82) is 0 Å². The molecule has 1 saturated heterocycles. The number of rotatable bonds is 4. The molecule has 2 aromatic rings. The molecule has 2 atom stereocenters. The smallest absolute Gasteiger partial charge is 0.271 e. The zero-order valence-corrected chi connectivity index (χ0v) is 12.9. The quantitative estimate of drug-likeness (QED) is 0.689. The van der Waals surface area contributed by atoms with E-state index >= 15 is 0 Å². The first-order chi connectivity index (χ1) is 10.1. The summed E-state index contributed by atoms with van der Waals surface area (Å²) in [6.45, 7) is 1.94. The Balaban J connectivity index is 1.79. The molecule has 8 heteroatoms. The molecule has 0 radical (unpaired) electrons. The molecule has 0 unspecified atom stereocenters. The van der Waals surface area contributed by atoms with E-state index in [1.807, 2.05) is 0 Å². The molecule has 3 rings (SSSR count). The molecule has 6 nitrogen and oxygen atoms in total. The average Bonchev–Trinajstić information content (AvgIpc) is 2.91. The summed E-state index contributed by atoms with van der Waals surface area (Å²) in [5.41, 5.74) is 0.570. The minimum Gasteiger partial charge on any atom is -0.316 e. The van der Waals surface area contributed by atoms with Crippen LogP contribution in [0.4, 0.5) is 5.69 Å². The first-order valence-corrected chi connectivity index (χ1v) is 8.91. The van der Waals surface area contributed by atoms with Gasteiger partial charge in [-0.3, -0.25) is 14.3 Å². The van der Waals surface area contributed by atoms with E-state index < -0.39 is 15.7 Å². The van der Waals surface area contributed by atoms with Crippen molar-refractivity contribution in [3.05, 3.63) is 28.3 Å². The summed E-state index contributed by atoms with van der Waals surface area (Å²) in [6, 6.07) is 4.57. The largest absolute Gasteiger partial charge is 0.316 e. The number of nitrogens with zero attached hydrogens (tertiary/aromatic N) is 2. The lowest BCUT2D eigenvalue weighted by Gasteiger charge is -2.21. The van der Waals surface area contributed by atoms with Crippen molar-refractivity contribution in [2.24, 2.45) is 5.92 Å².